The van der Waals surface area contributed by atoms with E-state index in [1.807, 2.05) is 45.0 Å². The summed E-state index contributed by atoms with van der Waals surface area (Å²) < 4.78 is 14.1. The van der Waals surface area contributed by atoms with Gasteiger partial charge in [0.1, 0.15) is 18.5 Å². The average Bonchev–Trinajstić information content (AvgIpc) is 3.10. The first kappa shape index (κ1) is 23.6. The van der Waals surface area contributed by atoms with Gasteiger partial charge in [0.25, 0.3) is 5.56 Å². The first-order chi connectivity index (χ1) is 15.3. The molecule has 0 aliphatic heterocycles. The fraction of sp³-hybridized carbons (Fsp3) is 0.500. The highest BCUT2D eigenvalue weighted by Gasteiger charge is 2.19. The summed E-state index contributed by atoms with van der Waals surface area (Å²) in [6.07, 6.45) is -0.0260. The Morgan fingerprint density at radius 2 is 1.94 bits per heavy atom. The molecule has 32 heavy (non-hydrogen) atoms. The van der Waals surface area contributed by atoms with Gasteiger partial charge in [0.2, 0.25) is 5.95 Å². The molecular formula is C22H31N5O5. The number of aliphatic hydroxyl groups is 1. The Morgan fingerprint density at radius 3 is 2.62 bits per heavy atom. The van der Waals surface area contributed by atoms with Crippen molar-refractivity contribution in [1.29, 1.82) is 0 Å². The lowest BCUT2D eigenvalue weighted by atomic mass is 10.2. The molecule has 174 valence electrons. The second-order valence-electron chi connectivity index (χ2n) is 8.01. The molecule has 2 heterocycles. The Morgan fingerprint density at radius 1 is 1.22 bits per heavy atom. The van der Waals surface area contributed by atoms with E-state index >= 15 is 0 Å². The summed E-state index contributed by atoms with van der Waals surface area (Å²) in [5, 5.41) is 13.8. The van der Waals surface area contributed by atoms with Gasteiger partial charge in [0.05, 0.1) is 12.6 Å². The van der Waals surface area contributed by atoms with Crippen molar-refractivity contribution in [2.45, 2.75) is 45.9 Å². The molecule has 3 N–H and O–H groups in total. The first-order valence-electron chi connectivity index (χ1n) is 10.7. The van der Waals surface area contributed by atoms with Gasteiger partial charge in [-0.05, 0) is 39.3 Å². The highest BCUT2D eigenvalue weighted by Crippen LogP contribution is 2.17. The van der Waals surface area contributed by atoms with Crippen molar-refractivity contribution in [3.8, 4) is 5.75 Å². The molecule has 0 saturated carbocycles. The molecule has 0 fully saturated rings. The van der Waals surface area contributed by atoms with Crippen LogP contribution in [-0.4, -0.2) is 56.2 Å². The molecule has 0 bridgehead atoms. The fourth-order valence-corrected chi connectivity index (χ4v) is 3.23. The lowest BCUT2D eigenvalue weighted by Gasteiger charge is -2.16. The van der Waals surface area contributed by atoms with E-state index in [2.05, 4.69) is 15.3 Å². The third-order valence-corrected chi connectivity index (χ3v) is 4.92. The van der Waals surface area contributed by atoms with Crippen molar-refractivity contribution >= 4 is 17.1 Å². The van der Waals surface area contributed by atoms with Gasteiger partial charge in [-0.3, -0.25) is 14.3 Å². The number of hydrogen-bond donors (Lipinski definition) is 3. The molecule has 0 spiro atoms. The van der Waals surface area contributed by atoms with Crippen LogP contribution in [0.1, 0.15) is 25.8 Å². The fourth-order valence-electron chi connectivity index (χ4n) is 3.23. The van der Waals surface area contributed by atoms with Crippen molar-refractivity contribution in [1.82, 2.24) is 19.1 Å². The topological polar surface area (TPSA) is 123 Å². The van der Waals surface area contributed by atoms with Gasteiger partial charge >= 0.3 is 5.69 Å². The summed E-state index contributed by atoms with van der Waals surface area (Å²) >= 11 is 0. The number of hydrogen-bond acceptors (Lipinski definition) is 7. The van der Waals surface area contributed by atoms with E-state index in [4.69, 9.17) is 9.47 Å². The Kier molecular flexibility index (Phi) is 7.70. The highest BCUT2D eigenvalue weighted by atomic mass is 16.5. The van der Waals surface area contributed by atoms with Gasteiger partial charge in [-0.25, -0.2) is 4.79 Å². The molecule has 0 amide bonds. The van der Waals surface area contributed by atoms with E-state index in [-0.39, 0.29) is 30.4 Å². The van der Waals surface area contributed by atoms with Crippen LogP contribution in [0, 0.1) is 6.92 Å². The van der Waals surface area contributed by atoms with Crippen LogP contribution >= 0.6 is 0 Å². The first-order valence-corrected chi connectivity index (χ1v) is 10.7. The monoisotopic (exact) mass is 445 g/mol. The van der Waals surface area contributed by atoms with E-state index in [0.717, 1.165) is 12.0 Å². The number of nitrogens with one attached hydrogen (secondary N) is 2. The summed E-state index contributed by atoms with van der Waals surface area (Å²) in [6, 6.07) is 7.52. The van der Waals surface area contributed by atoms with E-state index in [0.29, 0.717) is 24.8 Å². The smallest absolute Gasteiger partial charge is 0.329 e. The second-order valence-corrected chi connectivity index (χ2v) is 8.01. The molecule has 3 rings (SSSR count). The average molecular weight is 446 g/mol. The predicted molar refractivity (Wildman–Crippen MR) is 122 cm³/mol. The summed E-state index contributed by atoms with van der Waals surface area (Å²) in [7, 11) is 1.54. The van der Waals surface area contributed by atoms with E-state index in [1.54, 1.807) is 4.57 Å². The van der Waals surface area contributed by atoms with E-state index in [9.17, 15) is 14.7 Å². The number of benzene rings is 1. The minimum Gasteiger partial charge on any atom is -0.491 e. The number of imidazole rings is 1. The summed E-state index contributed by atoms with van der Waals surface area (Å²) in [5.41, 5.74) is 0.460. The Balaban J connectivity index is 1.79. The minimum atomic E-state index is -0.907. The zero-order valence-corrected chi connectivity index (χ0v) is 18.9. The third kappa shape index (κ3) is 5.77. The molecule has 10 nitrogen and oxygen atoms in total. The number of aliphatic hydroxyl groups excluding tert-OH is 1. The van der Waals surface area contributed by atoms with Crippen molar-refractivity contribution in [3.63, 3.8) is 0 Å². The number of H-pyrrole nitrogens is 1. The number of fused-ring (bicyclic) bond motifs is 1. The number of nitrogens with zero attached hydrogens (tertiary/aromatic N) is 3. The maximum Gasteiger partial charge on any atom is 0.329 e. The zero-order valence-electron chi connectivity index (χ0n) is 18.9. The largest absolute Gasteiger partial charge is 0.491 e. The molecule has 2 aromatic heterocycles. The summed E-state index contributed by atoms with van der Waals surface area (Å²) in [5.74, 6) is 1.04. The van der Waals surface area contributed by atoms with Crippen LogP contribution in [0.5, 0.6) is 5.75 Å². The number of rotatable bonds is 11. The van der Waals surface area contributed by atoms with Gasteiger partial charge in [-0.1, -0.05) is 17.7 Å². The Bertz CT molecular complexity index is 1150. The Hall–Kier alpha value is -3.11. The molecule has 0 aliphatic carbocycles. The van der Waals surface area contributed by atoms with E-state index in [1.165, 1.54) is 11.6 Å². The molecule has 10 heteroatoms. The van der Waals surface area contributed by atoms with Gasteiger partial charge in [-0.15, -0.1) is 0 Å². The maximum absolute atomic E-state index is 12.5. The normalized spacial score (nSPS) is 12.4. The number of anilines is 1. The Labute approximate surface area is 185 Å². The number of aromatic amines is 1. The number of aryl methyl sites for hydroxylation is 2. The van der Waals surface area contributed by atoms with Crippen LogP contribution in [0.2, 0.25) is 0 Å². The molecule has 3 aromatic rings. The molecule has 0 radical (unpaired) electrons. The lowest BCUT2D eigenvalue weighted by molar-refractivity contribution is 0.0786. The van der Waals surface area contributed by atoms with Crippen LogP contribution in [0.15, 0.2) is 33.9 Å². The lowest BCUT2D eigenvalue weighted by Crippen LogP contribution is -2.31. The molecule has 1 unspecified atom stereocenters. The van der Waals surface area contributed by atoms with Crippen molar-refractivity contribution in [2.75, 3.05) is 25.1 Å². The second kappa shape index (κ2) is 10.5. The molecule has 1 aromatic carbocycles. The molecule has 0 aliphatic rings. The standard InChI is InChI=1S/C22H31N5O5/c1-14(2)31-11-5-10-23-21-24-19-18(20(29)25-22(30)26(19)4)27(21)12-16(28)13-32-17-8-6-15(3)7-9-17/h6-9,14,16,28H,5,10-13H2,1-4H3,(H,23,24)(H,25,29,30). The van der Waals surface area contributed by atoms with Gasteiger partial charge in [0.15, 0.2) is 11.2 Å². The van der Waals surface area contributed by atoms with Crippen molar-refractivity contribution in [2.24, 2.45) is 7.05 Å². The molecule has 1 atom stereocenters. The van der Waals surface area contributed by atoms with Crippen molar-refractivity contribution < 1.29 is 14.6 Å². The van der Waals surface area contributed by atoms with Crippen LogP contribution < -0.4 is 21.3 Å². The third-order valence-electron chi connectivity index (χ3n) is 4.92. The van der Waals surface area contributed by atoms with Crippen molar-refractivity contribution in [3.05, 3.63) is 50.7 Å². The molecule has 0 saturated heterocycles. The molecular weight excluding hydrogens is 414 g/mol. The van der Waals surface area contributed by atoms with Gasteiger partial charge < -0.3 is 24.5 Å². The number of ether oxygens (including phenoxy) is 2. The minimum absolute atomic E-state index is 0.0358. The number of aromatic nitrogens is 4. The highest BCUT2D eigenvalue weighted by molar-refractivity contribution is 5.74. The maximum atomic E-state index is 12.5. The van der Waals surface area contributed by atoms with Crippen LogP contribution in [0.3, 0.4) is 0 Å². The van der Waals surface area contributed by atoms with Gasteiger partial charge in [-0.2, -0.15) is 4.98 Å². The summed E-state index contributed by atoms with van der Waals surface area (Å²) in [4.78, 5) is 31.3. The van der Waals surface area contributed by atoms with Crippen LogP contribution in [-0.2, 0) is 18.3 Å². The predicted octanol–water partition coefficient (Wildman–Crippen LogP) is 1.40. The van der Waals surface area contributed by atoms with Crippen LogP contribution in [0.25, 0.3) is 11.2 Å². The SMILES string of the molecule is Cc1ccc(OCC(O)Cn2c(NCCCOC(C)C)nc3c2c(=O)[nH]c(=O)n3C)cc1. The summed E-state index contributed by atoms with van der Waals surface area (Å²) in [6.45, 7) is 7.16. The van der Waals surface area contributed by atoms with Crippen LogP contribution in [0.4, 0.5) is 5.95 Å². The van der Waals surface area contributed by atoms with Gasteiger partial charge in [0, 0.05) is 20.2 Å². The van der Waals surface area contributed by atoms with E-state index < -0.39 is 17.4 Å². The quantitative estimate of drug-likeness (QED) is 0.381. The zero-order chi connectivity index (χ0) is 23.3.